The van der Waals surface area contributed by atoms with E-state index in [0.29, 0.717) is 15.5 Å². The number of nitrogens with two attached hydrogens (primary N) is 1. The van der Waals surface area contributed by atoms with Crippen molar-refractivity contribution in [2.45, 2.75) is 31.6 Å². The minimum Gasteiger partial charge on any atom is -0.398 e. The van der Waals surface area contributed by atoms with Gasteiger partial charge in [-0.2, -0.15) is 11.8 Å². The fourth-order valence-corrected chi connectivity index (χ4v) is 3.49. The van der Waals surface area contributed by atoms with Gasteiger partial charge in [-0.05, 0) is 30.7 Å². The smallest absolute Gasteiger partial charge is 0.0638 e. The van der Waals surface area contributed by atoms with Gasteiger partial charge < -0.3 is 5.73 Å². The molecule has 0 bridgehead atoms. The fraction of sp³-hybridized carbons (Fsp3) is 0.571. The van der Waals surface area contributed by atoms with Gasteiger partial charge in [0, 0.05) is 23.6 Å². The van der Waals surface area contributed by atoms with E-state index in [1.54, 1.807) is 0 Å². The van der Waals surface area contributed by atoms with Crippen molar-refractivity contribution in [1.82, 2.24) is 4.90 Å². The first-order valence-corrected chi connectivity index (χ1v) is 7.73. The second-order valence-electron chi connectivity index (χ2n) is 5.49. The maximum atomic E-state index is 6.06. The van der Waals surface area contributed by atoms with Crippen molar-refractivity contribution >= 4 is 29.1 Å². The molecule has 4 heteroatoms. The van der Waals surface area contributed by atoms with Crippen molar-refractivity contribution in [2.24, 2.45) is 0 Å². The standard InChI is InChI=1S/C14H21ClN2S/c1-14(2)5-6-17(7-8-18-14)10-11-3-4-13(16)12(15)9-11/h3-4,9H,5-8,10,16H2,1-2H3. The Labute approximate surface area is 119 Å². The van der Waals surface area contributed by atoms with Crippen LogP contribution in [0.5, 0.6) is 0 Å². The lowest BCUT2D eigenvalue weighted by molar-refractivity contribution is 0.276. The molecule has 0 atom stereocenters. The SMILES string of the molecule is CC1(C)CCN(Cc2ccc(N)c(Cl)c2)CCS1. The molecule has 18 heavy (non-hydrogen) atoms. The minimum absolute atomic E-state index is 0.410. The van der Waals surface area contributed by atoms with Crippen LogP contribution < -0.4 is 5.73 Å². The van der Waals surface area contributed by atoms with E-state index in [1.807, 2.05) is 12.1 Å². The van der Waals surface area contributed by atoms with Crippen LogP contribution in [0.3, 0.4) is 0 Å². The summed E-state index contributed by atoms with van der Waals surface area (Å²) in [5.74, 6) is 1.20. The van der Waals surface area contributed by atoms with Crippen LogP contribution in [0.1, 0.15) is 25.8 Å². The topological polar surface area (TPSA) is 29.3 Å². The molecule has 100 valence electrons. The first-order valence-electron chi connectivity index (χ1n) is 6.36. The van der Waals surface area contributed by atoms with Gasteiger partial charge in [-0.1, -0.05) is 31.5 Å². The van der Waals surface area contributed by atoms with E-state index in [4.69, 9.17) is 17.3 Å². The van der Waals surface area contributed by atoms with E-state index in [2.05, 4.69) is 36.6 Å². The Balaban J connectivity index is 1.98. The molecule has 0 saturated carbocycles. The van der Waals surface area contributed by atoms with Crippen LogP contribution in [0.4, 0.5) is 5.69 Å². The zero-order valence-electron chi connectivity index (χ0n) is 11.1. The van der Waals surface area contributed by atoms with Crippen LogP contribution in [-0.2, 0) is 6.54 Å². The summed E-state index contributed by atoms with van der Waals surface area (Å²) in [5, 5.41) is 0.664. The number of rotatable bonds is 2. The van der Waals surface area contributed by atoms with Gasteiger partial charge in [0.25, 0.3) is 0 Å². The molecule has 1 fully saturated rings. The van der Waals surface area contributed by atoms with Gasteiger partial charge in [0.15, 0.2) is 0 Å². The molecule has 0 aliphatic carbocycles. The molecule has 0 spiro atoms. The van der Waals surface area contributed by atoms with Crippen molar-refractivity contribution in [1.29, 1.82) is 0 Å². The Hall–Kier alpha value is -0.380. The lowest BCUT2D eigenvalue weighted by Crippen LogP contribution is -2.26. The predicted octanol–water partition coefficient (Wildman–Crippen LogP) is 3.64. The Kier molecular flexibility index (Phi) is 4.46. The zero-order chi connectivity index (χ0) is 13.2. The quantitative estimate of drug-likeness (QED) is 0.841. The van der Waals surface area contributed by atoms with Crippen LogP contribution in [-0.4, -0.2) is 28.5 Å². The summed E-state index contributed by atoms with van der Waals surface area (Å²) in [4.78, 5) is 2.50. The monoisotopic (exact) mass is 284 g/mol. The maximum Gasteiger partial charge on any atom is 0.0638 e. The van der Waals surface area contributed by atoms with Crippen molar-refractivity contribution in [3.63, 3.8) is 0 Å². The summed E-state index contributed by atoms with van der Waals surface area (Å²) >= 11 is 8.13. The predicted molar refractivity (Wildman–Crippen MR) is 82.3 cm³/mol. The zero-order valence-corrected chi connectivity index (χ0v) is 12.7. The number of hydrogen-bond acceptors (Lipinski definition) is 3. The number of nitrogen functional groups attached to an aromatic ring is 1. The molecule has 1 heterocycles. The van der Waals surface area contributed by atoms with E-state index in [1.165, 1.54) is 17.7 Å². The average Bonchev–Trinajstić information content (AvgIpc) is 2.46. The summed E-state index contributed by atoms with van der Waals surface area (Å²) in [7, 11) is 0. The first kappa shape index (κ1) is 14.0. The Morgan fingerprint density at radius 1 is 1.39 bits per heavy atom. The van der Waals surface area contributed by atoms with Gasteiger partial charge in [0.05, 0.1) is 10.7 Å². The second-order valence-corrected chi connectivity index (χ2v) is 7.70. The van der Waals surface area contributed by atoms with Gasteiger partial charge in [-0.25, -0.2) is 0 Å². The highest BCUT2D eigenvalue weighted by molar-refractivity contribution is 8.00. The van der Waals surface area contributed by atoms with E-state index in [-0.39, 0.29) is 0 Å². The van der Waals surface area contributed by atoms with Gasteiger partial charge in [0.2, 0.25) is 0 Å². The molecule has 1 aromatic carbocycles. The van der Waals surface area contributed by atoms with Crippen LogP contribution in [0.15, 0.2) is 18.2 Å². The molecule has 0 radical (unpaired) electrons. The molecular formula is C14H21ClN2S. The van der Waals surface area contributed by atoms with E-state index in [9.17, 15) is 0 Å². The molecule has 0 aromatic heterocycles. The molecule has 0 unspecified atom stereocenters. The number of nitrogens with zero attached hydrogens (tertiary/aromatic N) is 1. The van der Waals surface area contributed by atoms with Crippen LogP contribution in [0.25, 0.3) is 0 Å². The number of thioether (sulfide) groups is 1. The van der Waals surface area contributed by atoms with Crippen LogP contribution in [0, 0.1) is 0 Å². The maximum absolute atomic E-state index is 6.06. The third kappa shape index (κ3) is 3.81. The van der Waals surface area contributed by atoms with Crippen molar-refractivity contribution in [3.8, 4) is 0 Å². The highest BCUT2D eigenvalue weighted by Gasteiger charge is 2.23. The summed E-state index contributed by atoms with van der Waals surface area (Å²) in [6.07, 6.45) is 1.24. The van der Waals surface area contributed by atoms with Crippen molar-refractivity contribution < 1.29 is 0 Å². The van der Waals surface area contributed by atoms with E-state index < -0.39 is 0 Å². The number of benzene rings is 1. The Morgan fingerprint density at radius 2 is 2.17 bits per heavy atom. The highest BCUT2D eigenvalue weighted by atomic mass is 35.5. The van der Waals surface area contributed by atoms with Crippen molar-refractivity contribution in [2.75, 3.05) is 24.6 Å². The summed E-state index contributed by atoms with van der Waals surface area (Å²) in [5.41, 5.74) is 7.64. The van der Waals surface area contributed by atoms with Crippen LogP contribution in [0.2, 0.25) is 5.02 Å². The summed E-state index contributed by atoms with van der Waals surface area (Å²) in [6.45, 7) is 7.94. The molecule has 1 aliphatic rings. The molecule has 2 rings (SSSR count). The van der Waals surface area contributed by atoms with Crippen LogP contribution >= 0.6 is 23.4 Å². The average molecular weight is 285 g/mol. The lowest BCUT2D eigenvalue weighted by Gasteiger charge is -2.22. The lowest BCUT2D eigenvalue weighted by atomic mass is 10.1. The first-order chi connectivity index (χ1) is 8.46. The van der Waals surface area contributed by atoms with Gasteiger partial charge in [-0.3, -0.25) is 4.90 Å². The highest BCUT2D eigenvalue weighted by Crippen LogP contribution is 2.31. The molecule has 1 aliphatic heterocycles. The molecule has 0 amide bonds. The third-order valence-corrected chi connectivity index (χ3v) is 5.10. The summed E-state index contributed by atoms with van der Waals surface area (Å²) < 4.78 is 0.410. The fourth-order valence-electron chi connectivity index (χ4n) is 2.15. The Bertz CT molecular complexity index is 420. The molecule has 2 nitrogen and oxygen atoms in total. The molecule has 1 saturated heterocycles. The van der Waals surface area contributed by atoms with E-state index >= 15 is 0 Å². The number of anilines is 1. The molecular weight excluding hydrogens is 264 g/mol. The number of halogens is 1. The summed E-state index contributed by atoms with van der Waals surface area (Å²) in [6, 6.07) is 5.96. The molecule has 1 aromatic rings. The third-order valence-electron chi connectivity index (χ3n) is 3.40. The van der Waals surface area contributed by atoms with Gasteiger partial charge in [-0.15, -0.1) is 0 Å². The largest absolute Gasteiger partial charge is 0.398 e. The minimum atomic E-state index is 0.410. The molecule has 2 N–H and O–H groups in total. The van der Waals surface area contributed by atoms with Gasteiger partial charge >= 0.3 is 0 Å². The second kappa shape index (κ2) is 5.72. The van der Waals surface area contributed by atoms with E-state index in [0.717, 1.165) is 19.6 Å². The Morgan fingerprint density at radius 3 is 2.89 bits per heavy atom. The number of hydrogen-bond donors (Lipinski definition) is 1. The van der Waals surface area contributed by atoms with Crippen molar-refractivity contribution in [3.05, 3.63) is 28.8 Å². The normalized spacial score (nSPS) is 20.6. The van der Waals surface area contributed by atoms with Gasteiger partial charge in [0.1, 0.15) is 0 Å².